The molecule has 16 nitrogen and oxygen atoms in total. The van der Waals surface area contributed by atoms with Gasteiger partial charge in [-0.3, -0.25) is 29.6 Å². The van der Waals surface area contributed by atoms with Crippen LogP contribution in [0.25, 0.3) is 16.6 Å². The van der Waals surface area contributed by atoms with Crippen molar-refractivity contribution in [1.29, 1.82) is 0 Å². The number of hydrogen-bond donors (Lipinski definition) is 3. The number of sulfonamides is 1. The third kappa shape index (κ3) is 11.6. The average molecular weight is 1020 g/mol. The smallest absolute Gasteiger partial charge is 0.293 e. The Hall–Kier alpha value is -5.56. The van der Waals surface area contributed by atoms with Gasteiger partial charge < -0.3 is 24.7 Å². The van der Waals surface area contributed by atoms with Gasteiger partial charge in [0.2, 0.25) is 0 Å². The number of halogens is 1. The van der Waals surface area contributed by atoms with Crippen molar-refractivity contribution in [2.24, 2.45) is 5.41 Å². The van der Waals surface area contributed by atoms with E-state index in [4.69, 9.17) is 21.1 Å². The van der Waals surface area contributed by atoms with Gasteiger partial charge in [0.15, 0.2) is 0 Å². The Bertz CT molecular complexity index is 2900. The van der Waals surface area contributed by atoms with Gasteiger partial charge in [-0.25, -0.2) is 18.1 Å². The highest BCUT2D eigenvalue weighted by molar-refractivity contribution is 7.90. The number of pyridine rings is 1. The maximum absolute atomic E-state index is 14.1. The Morgan fingerprint density at radius 2 is 1.60 bits per heavy atom. The molecule has 5 aromatic rings. The minimum absolute atomic E-state index is 0.00469. The number of benzene rings is 3. The Morgan fingerprint density at radius 1 is 0.889 bits per heavy atom. The molecular weight excluding hydrogens is 954 g/mol. The fraction of sp³-hybridized carbons (Fsp3) is 0.481. The molecule has 3 N–H and O–H groups in total. The van der Waals surface area contributed by atoms with Crippen LogP contribution in [0, 0.1) is 15.5 Å². The number of nitro benzene ring substituents is 1. The van der Waals surface area contributed by atoms with E-state index >= 15 is 0 Å². The lowest BCUT2D eigenvalue weighted by Crippen LogP contribution is -2.54. The Labute approximate surface area is 427 Å². The molecule has 2 aliphatic carbocycles. The number of anilines is 2. The van der Waals surface area contributed by atoms with Crippen LogP contribution in [-0.2, 0) is 14.8 Å². The normalized spacial score (nSPS) is 22.0. The summed E-state index contributed by atoms with van der Waals surface area (Å²) in [5.41, 5.74) is 5.67. The highest BCUT2D eigenvalue weighted by atomic mass is 35.5. The number of allylic oxidation sites excluding steroid dienone is 1. The summed E-state index contributed by atoms with van der Waals surface area (Å²) in [6.07, 6.45) is 12.4. The Balaban J connectivity index is 0.804. The number of carbonyl (C=O) groups excluding carboxylic acids is 1. The molecule has 5 aliphatic rings. The van der Waals surface area contributed by atoms with Gasteiger partial charge in [0.05, 0.1) is 21.6 Å². The maximum atomic E-state index is 14.1. The molecule has 1 saturated carbocycles. The minimum Gasteiger partial charge on any atom is -0.455 e. The van der Waals surface area contributed by atoms with Crippen LogP contribution in [0.3, 0.4) is 0 Å². The zero-order valence-corrected chi connectivity index (χ0v) is 42.9. The molecule has 382 valence electrons. The van der Waals surface area contributed by atoms with Crippen molar-refractivity contribution in [3.63, 3.8) is 0 Å². The summed E-state index contributed by atoms with van der Waals surface area (Å²) < 4.78 is 42.0. The van der Waals surface area contributed by atoms with Gasteiger partial charge in [0, 0.05) is 125 Å². The third-order valence-electron chi connectivity index (χ3n) is 15.7. The summed E-state index contributed by atoms with van der Waals surface area (Å²) in [6, 6.07) is 21.8. The molecule has 0 spiro atoms. The molecule has 18 heteroatoms. The minimum atomic E-state index is -4.58. The van der Waals surface area contributed by atoms with Gasteiger partial charge in [0.1, 0.15) is 22.8 Å². The van der Waals surface area contributed by atoms with Crippen molar-refractivity contribution in [3.8, 4) is 11.5 Å². The number of nitro groups is 1. The van der Waals surface area contributed by atoms with E-state index in [2.05, 4.69) is 65.6 Å². The quantitative estimate of drug-likeness (QED) is 0.0709. The number of carbonyl (C=O) groups is 1. The number of aromatic amines is 1. The van der Waals surface area contributed by atoms with Gasteiger partial charge in [-0.1, -0.05) is 43.2 Å². The van der Waals surface area contributed by atoms with Gasteiger partial charge in [-0.2, -0.15) is 0 Å². The second kappa shape index (κ2) is 21.5. The summed E-state index contributed by atoms with van der Waals surface area (Å²) >= 11 is 6.27. The largest absolute Gasteiger partial charge is 0.455 e. The number of nitrogens with zero attached hydrogens (tertiary/aromatic N) is 6. The standard InChI is InChI=1S/C54H66ClN9O7S/c1-54(2)19-15-39(48(34-54)37-3-5-40(55)6-4-37)36-60-21-23-63(24-22-60)44-11-13-47(51(32-44)71-45-31-38-16-20-56-52(38)57-35-45)53(65)59-72(68,69)46-12-14-49(50(33-46)64(66)67)58-41-7-9-42(10-8-41)61-25-27-62(28-26-61)43-17-29-70-30-18-43/h3-6,11-14,16,20,31-33,35,41-43,58H,7-10,15,17-19,21-30,34,36H2,1-2H3,(H,56,57)(H,59,65). The first-order valence-electron chi connectivity index (χ1n) is 25.6. The molecule has 3 saturated heterocycles. The number of ether oxygens (including phenoxy) is 2. The lowest BCUT2D eigenvalue weighted by atomic mass is 9.72. The van der Waals surface area contributed by atoms with Gasteiger partial charge in [0.25, 0.3) is 21.6 Å². The van der Waals surface area contributed by atoms with Crippen molar-refractivity contribution < 1.29 is 27.6 Å². The fourth-order valence-electron chi connectivity index (χ4n) is 11.5. The number of H-pyrrole nitrogens is 1. The van der Waals surface area contributed by atoms with E-state index < -0.39 is 25.7 Å². The lowest BCUT2D eigenvalue weighted by Gasteiger charge is -2.45. The SMILES string of the molecule is CC1(C)CCC(CN2CCN(c3ccc(C(=O)NS(=O)(=O)c4ccc(NC5CCC(N6CCN(C7CCOCC7)CC6)CC5)c([N+](=O)[O-])c4)c(Oc4cnc5[nH]ccc5c4)c3)CC2)=C(c2ccc(Cl)cc2)C1. The maximum Gasteiger partial charge on any atom is 0.293 e. The van der Waals surface area contributed by atoms with Crippen LogP contribution in [0.15, 0.2) is 95.7 Å². The van der Waals surface area contributed by atoms with E-state index in [1.165, 1.54) is 28.8 Å². The number of piperazine rings is 2. The van der Waals surface area contributed by atoms with Gasteiger partial charge in [-0.05, 0) is 123 Å². The topological polar surface area (TPSA) is 179 Å². The molecule has 0 bridgehead atoms. The predicted octanol–water partition coefficient (Wildman–Crippen LogP) is 9.34. The monoisotopic (exact) mass is 1020 g/mol. The molecule has 72 heavy (non-hydrogen) atoms. The van der Waals surface area contributed by atoms with E-state index in [9.17, 15) is 23.3 Å². The van der Waals surface area contributed by atoms with Gasteiger partial charge in [-0.15, -0.1) is 0 Å². The van der Waals surface area contributed by atoms with Crippen LogP contribution < -0.4 is 19.7 Å². The molecule has 4 fully saturated rings. The number of fused-ring (bicyclic) bond motifs is 1. The first kappa shape index (κ1) is 50.0. The zero-order chi connectivity index (χ0) is 50.0. The number of nitrogens with one attached hydrogen (secondary N) is 3. The van der Waals surface area contributed by atoms with Crippen molar-refractivity contribution in [1.82, 2.24) is 29.4 Å². The molecular formula is C54H66ClN9O7S. The van der Waals surface area contributed by atoms with Crippen LogP contribution in [0.2, 0.25) is 5.02 Å². The number of hydrogen-bond acceptors (Lipinski definition) is 13. The number of rotatable bonds is 14. The van der Waals surface area contributed by atoms with Crippen LogP contribution in [-0.4, -0.2) is 134 Å². The van der Waals surface area contributed by atoms with Crippen LogP contribution in [0.1, 0.15) is 87.6 Å². The van der Waals surface area contributed by atoms with Crippen LogP contribution in [0.4, 0.5) is 17.1 Å². The van der Waals surface area contributed by atoms with Gasteiger partial charge >= 0.3 is 0 Å². The molecule has 10 rings (SSSR count). The molecule has 2 aromatic heterocycles. The molecule has 1 amide bonds. The first-order valence-corrected chi connectivity index (χ1v) is 27.5. The summed E-state index contributed by atoms with van der Waals surface area (Å²) in [5, 5.41) is 17.3. The number of aromatic nitrogens is 2. The summed E-state index contributed by atoms with van der Waals surface area (Å²) in [4.78, 5) is 43.1. The molecule has 5 heterocycles. The molecule has 0 radical (unpaired) electrons. The van der Waals surface area contributed by atoms with Crippen LogP contribution >= 0.6 is 11.6 Å². The molecule has 3 aliphatic heterocycles. The highest BCUT2D eigenvalue weighted by Crippen LogP contribution is 2.44. The lowest BCUT2D eigenvalue weighted by molar-refractivity contribution is -0.384. The highest BCUT2D eigenvalue weighted by Gasteiger charge is 2.34. The molecule has 0 atom stereocenters. The van der Waals surface area contributed by atoms with Crippen molar-refractivity contribution in [2.75, 3.05) is 82.3 Å². The van der Waals surface area contributed by atoms with E-state index in [1.54, 1.807) is 36.7 Å². The third-order valence-corrected chi connectivity index (χ3v) is 17.3. The predicted molar refractivity (Wildman–Crippen MR) is 282 cm³/mol. The fourth-order valence-corrected chi connectivity index (χ4v) is 12.6. The summed E-state index contributed by atoms with van der Waals surface area (Å²) in [5.74, 6) is -0.443. The Morgan fingerprint density at radius 3 is 2.31 bits per heavy atom. The second-order valence-electron chi connectivity index (χ2n) is 21.0. The molecule has 3 aromatic carbocycles. The summed E-state index contributed by atoms with van der Waals surface area (Å²) in [6.45, 7) is 14.6. The molecule has 0 unspecified atom stereocenters. The second-order valence-corrected chi connectivity index (χ2v) is 23.1. The first-order chi connectivity index (χ1) is 34.7. The average Bonchev–Trinajstić information content (AvgIpc) is 3.86. The van der Waals surface area contributed by atoms with E-state index in [-0.39, 0.29) is 34.1 Å². The zero-order valence-electron chi connectivity index (χ0n) is 41.3. The van der Waals surface area contributed by atoms with E-state index in [0.717, 1.165) is 152 Å². The Kier molecular flexibility index (Phi) is 14.9. The number of amides is 1. The van der Waals surface area contributed by atoms with E-state index in [1.807, 2.05) is 18.2 Å². The van der Waals surface area contributed by atoms with Crippen molar-refractivity contribution in [3.05, 3.63) is 117 Å². The van der Waals surface area contributed by atoms with E-state index in [0.29, 0.717) is 23.5 Å². The summed E-state index contributed by atoms with van der Waals surface area (Å²) in [7, 11) is -4.58. The van der Waals surface area contributed by atoms with Crippen molar-refractivity contribution >= 4 is 61.2 Å². The van der Waals surface area contributed by atoms with Crippen LogP contribution in [0.5, 0.6) is 11.5 Å². The van der Waals surface area contributed by atoms with Crippen molar-refractivity contribution in [2.45, 2.75) is 94.7 Å².